The Morgan fingerprint density at radius 3 is 2.27 bits per heavy atom. The van der Waals surface area contributed by atoms with Gasteiger partial charge in [-0.15, -0.1) is 0 Å². The molecular formula is C21H15FO2S2. The maximum absolute atomic E-state index is 14.2. The van der Waals surface area contributed by atoms with Gasteiger partial charge in [0, 0.05) is 15.4 Å². The van der Waals surface area contributed by atoms with Crippen molar-refractivity contribution in [3.8, 4) is 11.8 Å². The lowest BCUT2D eigenvalue weighted by Crippen LogP contribution is -1.92. The van der Waals surface area contributed by atoms with Gasteiger partial charge in [0.05, 0.1) is 5.56 Å². The quantitative estimate of drug-likeness (QED) is 0.412. The van der Waals surface area contributed by atoms with E-state index in [0.717, 1.165) is 28.4 Å². The average Bonchev–Trinajstić information content (AvgIpc) is 2.62. The molecule has 0 atom stereocenters. The zero-order valence-corrected chi connectivity index (χ0v) is 15.7. The number of thioether (sulfide) groups is 2. The smallest absolute Gasteiger partial charge is 0.219 e. The van der Waals surface area contributed by atoms with Crippen LogP contribution in [-0.2, 0) is 9.59 Å². The first kappa shape index (κ1) is 19.8. The summed E-state index contributed by atoms with van der Waals surface area (Å²) in [6, 6.07) is 11.6. The number of hydrogen-bond acceptors (Lipinski definition) is 4. The maximum atomic E-state index is 14.2. The Bertz CT molecular complexity index is 935. The Morgan fingerprint density at radius 2 is 1.69 bits per heavy atom. The van der Waals surface area contributed by atoms with Gasteiger partial charge in [-0.3, -0.25) is 9.59 Å². The first-order valence-electron chi connectivity index (χ1n) is 7.52. The van der Waals surface area contributed by atoms with E-state index >= 15 is 0 Å². The van der Waals surface area contributed by atoms with Crippen molar-refractivity contribution in [3.05, 3.63) is 84.2 Å². The van der Waals surface area contributed by atoms with Crippen molar-refractivity contribution in [1.29, 1.82) is 0 Å². The second-order valence-electron chi connectivity index (χ2n) is 5.21. The van der Waals surface area contributed by atoms with Gasteiger partial charge in [-0.1, -0.05) is 25.0 Å². The Balaban J connectivity index is 2.12. The van der Waals surface area contributed by atoms with Gasteiger partial charge in [-0.05, 0) is 84.6 Å². The highest BCUT2D eigenvalue weighted by molar-refractivity contribution is 8.14. The molecule has 0 fully saturated rings. The van der Waals surface area contributed by atoms with Crippen molar-refractivity contribution in [1.82, 2.24) is 0 Å². The molecule has 2 rings (SSSR count). The van der Waals surface area contributed by atoms with E-state index in [1.54, 1.807) is 43.3 Å². The van der Waals surface area contributed by atoms with Gasteiger partial charge in [-0.25, -0.2) is 4.39 Å². The third kappa shape index (κ3) is 5.76. The van der Waals surface area contributed by atoms with Crippen LogP contribution in [-0.4, -0.2) is 10.2 Å². The lowest BCUT2D eigenvalue weighted by molar-refractivity contribution is -0.108. The second kappa shape index (κ2) is 9.23. The van der Waals surface area contributed by atoms with Crippen molar-refractivity contribution >= 4 is 33.8 Å². The Hall–Kier alpha value is -2.55. The summed E-state index contributed by atoms with van der Waals surface area (Å²) in [6.07, 6.45) is 1.26. The first-order valence-corrected chi connectivity index (χ1v) is 9.16. The van der Waals surface area contributed by atoms with Crippen LogP contribution < -0.4 is 0 Å². The molecule has 5 heteroatoms. The molecule has 0 saturated carbocycles. The average molecular weight is 382 g/mol. The van der Waals surface area contributed by atoms with Crippen LogP contribution in [0, 0.1) is 17.7 Å². The molecule has 0 heterocycles. The third-order valence-corrected chi connectivity index (χ3v) is 4.98. The minimum absolute atomic E-state index is 0.131. The van der Waals surface area contributed by atoms with Crippen LogP contribution in [0.1, 0.15) is 18.1 Å². The van der Waals surface area contributed by atoms with Crippen molar-refractivity contribution in [3.63, 3.8) is 0 Å². The van der Waals surface area contributed by atoms with Crippen LogP contribution in [0.25, 0.3) is 0 Å². The molecule has 0 aliphatic rings. The van der Waals surface area contributed by atoms with Crippen molar-refractivity contribution in [2.24, 2.45) is 0 Å². The van der Waals surface area contributed by atoms with Crippen LogP contribution >= 0.6 is 23.5 Å². The second-order valence-corrected chi connectivity index (χ2v) is 7.34. The molecule has 0 unspecified atom stereocenters. The van der Waals surface area contributed by atoms with Crippen LogP contribution in [0.4, 0.5) is 4.39 Å². The topological polar surface area (TPSA) is 34.1 Å². The molecule has 26 heavy (non-hydrogen) atoms. The normalized spacial score (nSPS) is 9.77. The molecule has 2 nitrogen and oxygen atoms in total. The molecule has 0 aliphatic heterocycles. The largest absolute Gasteiger partial charge is 0.282 e. The minimum Gasteiger partial charge on any atom is -0.282 e. The fourth-order valence-corrected chi connectivity index (χ4v) is 3.03. The number of benzene rings is 2. The van der Waals surface area contributed by atoms with Gasteiger partial charge >= 0.3 is 0 Å². The number of halogens is 1. The number of carbonyl (C=O) groups is 2. The zero-order chi connectivity index (χ0) is 19.1. The van der Waals surface area contributed by atoms with Gasteiger partial charge in [0.1, 0.15) is 5.82 Å². The summed E-state index contributed by atoms with van der Waals surface area (Å²) in [4.78, 5) is 24.2. The summed E-state index contributed by atoms with van der Waals surface area (Å²) >= 11 is 2.01. The molecule has 0 amide bonds. The van der Waals surface area contributed by atoms with E-state index in [1.165, 1.54) is 12.1 Å². The lowest BCUT2D eigenvalue weighted by Gasteiger charge is -2.01. The summed E-state index contributed by atoms with van der Waals surface area (Å²) in [5.41, 5.74) is 1.36. The first-order chi connectivity index (χ1) is 12.4. The SMILES string of the molecule is C=CC(=O)Sc1ccc(C#Cc2ccc(SC(=O)C(=C)C)cc2F)cc1. The van der Waals surface area contributed by atoms with Crippen LogP contribution in [0.15, 0.2) is 77.1 Å². The molecule has 0 aromatic heterocycles. The highest BCUT2D eigenvalue weighted by atomic mass is 32.2. The van der Waals surface area contributed by atoms with Crippen molar-refractivity contribution < 1.29 is 14.0 Å². The third-order valence-electron chi connectivity index (χ3n) is 3.08. The van der Waals surface area contributed by atoms with Crippen LogP contribution in [0.3, 0.4) is 0 Å². The molecule has 0 bridgehead atoms. The summed E-state index contributed by atoms with van der Waals surface area (Å²) in [5.74, 6) is 5.17. The maximum Gasteiger partial charge on any atom is 0.219 e. The summed E-state index contributed by atoms with van der Waals surface area (Å²) in [6.45, 7) is 8.61. The molecule has 0 N–H and O–H groups in total. The van der Waals surface area contributed by atoms with Crippen LogP contribution in [0.5, 0.6) is 0 Å². The van der Waals surface area contributed by atoms with Gasteiger partial charge < -0.3 is 0 Å². The zero-order valence-electron chi connectivity index (χ0n) is 14.0. The number of rotatable bonds is 4. The van der Waals surface area contributed by atoms with E-state index in [2.05, 4.69) is 25.0 Å². The van der Waals surface area contributed by atoms with Gasteiger partial charge in [0.2, 0.25) is 10.2 Å². The highest BCUT2D eigenvalue weighted by Crippen LogP contribution is 2.24. The van der Waals surface area contributed by atoms with E-state index in [0.29, 0.717) is 16.0 Å². The standard InChI is InChI=1S/C21H15FO2S2/c1-4-20(23)25-17-10-6-15(7-11-17)5-8-16-9-12-18(13-19(16)22)26-21(24)14(2)3/h4,6-7,9-13H,1-2H2,3H3. The van der Waals surface area contributed by atoms with E-state index in [1.807, 2.05) is 0 Å². The number of hydrogen-bond donors (Lipinski definition) is 0. The summed E-state index contributed by atoms with van der Waals surface area (Å²) in [7, 11) is 0. The van der Waals surface area contributed by atoms with Gasteiger partial charge in [-0.2, -0.15) is 0 Å². The van der Waals surface area contributed by atoms with E-state index in [-0.39, 0.29) is 15.8 Å². The Morgan fingerprint density at radius 1 is 1.04 bits per heavy atom. The molecule has 0 aliphatic carbocycles. The van der Waals surface area contributed by atoms with E-state index in [4.69, 9.17) is 0 Å². The van der Waals surface area contributed by atoms with Gasteiger partial charge in [0.15, 0.2) is 0 Å². The van der Waals surface area contributed by atoms with E-state index in [9.17, 15) is 14.0 Å². The predicted octanol–water partition coefficient (Wildman–Crippen LogP) is 5.23. The summed E-state index contributed by atoms with van der Waals surface area (Å²) in [5, 5.41) is -0.329. The predicted molar refractivity (Wildman–Crippen MR) is 106 cm³/mol. The fraction of sp³-hybridized carbons (Fsp3) is 0.0476. The summed E-state index contributed by atoms with van der Waals surface area (Å²) < 4.78 is 14.2. The molecule has 0 radical (unpaired) electrons. The lowest BCUT2D eigenvalue weighted by atomic mass is 10.2. The molecule has 2 aromatic carbocycles. The van der Waals surface area contributed by atoms with Crippen LogP contribution in [0.2, 0.25) is 0 Å². The molecule has 0 spiro atoms. The molecule has 2 aromatic rings. The molecule has 130 valence electrons. The van der Waals surface area contributed by atoms with Crippen molar-refractivity contribution in [2.45, 2.75) is 16.7 Å². The Kier molecular flexibility index (Phi) is 7.02. The van der Waals surface area contributed by atoms with E-state index < -0.39 is 5.82 Å². The Labute approximate surface area is 160 Å². The molecule has 0 saturated heterocycles. The monoisotopic (exact) mass is 382 g/mol. The minimum atomic E-state index is -0.485. The number of carbonyl (C=O) groups excluding carboxylic acids is 2. The highest BCUT2D eigenvalue weighted by Gasteiger charge is 2.08. The fourth-order valence-electron chi connectivity index (χ4n) is 1.76. The van der Waals surface area contributed by atoms with Gasteiger partial charge in [0.25, 0.3) is 0 Å². The molecular weight excluding hydrogens is 367 g/mol. The van der Waals surface area contributed by atoms with Crippen molar-refractivity contribution in [2.75, 3.05) is 0 Å².